The Labute approximate surface area is 54.3 Å². The maximum Gasteiger partial charge on any atom is 0.303 e. The SMILES string of the molecule is CC(CO)CCC(=O)O. The first-order chi connectivity index (χ1) is 4.16. The van der Waals surface area contributed by atoms with Crippen molar-refractivity contribution < 1.29 is 15.0 Å². The number of rotatable bonds is 4. The molecule has 0 rings (SSSR count). The standard InChI is InChI=1S/C6H12O3/c1-5(4-7)2-3-6(8)9/h5,7H,2-4H2,1H3,(H,8,9). The van der Waals surface area contributed by atoms with Gasteiger partial charge in [0.15, 0.2) is 0 Å². The number of hydrogen-bond donors (Lipinski definition) is 2. The lowest BCUT2D eigenvalue weighted by molar-refractivity contribution is -0.137. The molecule has 3 heteroatoms. The van der Waals surface area contributed by atoms with Crippen molar-refractivity contribution in [2.75, 3.05) is 6.61 Å². The highest BCUT2D eigenvalue weighted by Gasteiger charge is 2.02. The Morgan fingerprint density at radius 1 is 1.67 bits per heavy atom. The van der Waals surface area contributed by atoms with Crippen molar-refractivity contribution >= 4 is 5.97 Å². The Hall–Kier alpha value is -0.570. The van der Waals surface area contributed by atoms with Crippen LogP contribution in [-0.4, -0.2) is 22.8 Å². The van der Waals surface area contributed by atoms with Gasteiger partial charge < -0.3 is 10.2 Å². The molecular formula is C6H12O3. The van der Waals surface area contributed by atoms with Crippen LogP contribution in [0.1, 0.15) is 19.8 Å². The summed E-state index contributed by atoms with van der Waals surface area (Å²) in [6.45, 7) is 1.90. The lowest BCUT2D eigenvalue weighted by Gasteiger charge is -2.02. The van der Waals surface area contributed by atoms with Crippen LogP contribution in [-0.2, 0) is 4.79 Å². The van der Waals surface area contributed by atoms with E-state index in [1.165, 1.54) is 0 Å². The van der Waals surface area contributed by atoms with E-state index in [-0.39, 0.29) is 18.9 Å². The molecule has 0 aliphatic rings. The minimum atomic E-state index is -0.796. The Bertz CT molecular complexity index is 90.3. The van der Waals surface area contributed by atoms with Crippen LogP contribution in [0.4, 0.5) is 0 Å². The molecule has 0 spiro atoms. The fraction of sp³-hybridized carbons (Fsp3) is 0.833. The molecule has 0 saturated carbocycles. The molecule has 0 saturated heterocycles. The summed E-state index contributed by atoms with van der Waals surface area (Å²) in [6, 6.07) is 0. The van der Waals surface area contributed by atoms with Gasteiger partial charge in [-0.1, -0.05) is 6.92 Å². The number of carboxylic acid groups (broad SMARTS) is 1. The van der Waals surface area contributed by atoms with Crippen LogP contribution in [0.2, 0.25) is 0 Å². The van der Waals surface area contributed by atoms with E-state index in [2.05, 4.69) is 0 Å². The molecule has 0 fully saturated rings. The van der Waals surface area contributed by atoms with Crippen LogP contribution < -0.4 is 0 Å². The molecule has 0 amide bonds. The van der Waals surface area contributed by atoms with Gasteiger partial charge in [0.1, 0.15) is 0 Å². The molecule has 9 heavy (non-hydrogen) atoms. The molecule has 0 bridgehead atoms. The first kappa shape index (κ1) is 8.43. The predicted molar refractivity (Wildman–Crippen MR) is 33.1 cm³/mol. The first-order valence-corrected chi connectivity index (χ1v) is 2.99. The quantitative estimate of drug-likeness (QED) is 0.585. The van der Waals surface area contributed by atoms with E-state index >= 15 is 0 Å². The van der Waals surface area contributed by atoms with Crippen LogP contribution in [0.25, 0.3) is 0 Å². The molecule has 54 valence electrons. The van der Waals surface area contributed by atoms with E-state index in [0.717, 1.165) is 0 Å². The second-order valence-electron chi connectivity index (χ2n) is 2.22. The van der Waals surface area contributed by atoms with E-state index in [4.69, 9.17) is 10.2 Å². The molecule has 0 aliphatic carbocycles. The average molecular weight is 132 g/mol. The summed E-state index contributed by atoms with van der Waals surface area (Å²) < 4.78 is 0. The summed E-state index contributed by atoms with van der Waals surface area (Å²) in [5.74, 6) is -0.684. The second kappa shape index (κ2) is 4.32. The fourth-order valence-electron chi connectivity index (χ4n) is 0.461. The molecule has 1 unspecified atom stereocenters. The zero-order valence-corrected chi connectivity index (χ0v) is 5.50. The molecule has 1 atom stereocenters. The Kier molecular flexibility index (Phi) is 4.05. The maximum atomic E-state index is 9.94. The van der Waals surface area contributed by atoms with Crippen molar-refractivity contribution in [1.82, 2.24) is 0 Å². The molecule has 2 N–H and O–H groups in total. The number of carbonyl (C=O) groups is 1. The number of hydrogen-bond acceptors (Lipinski definition) is 2. The van der Waals surface area contributed by atoms with Gasteiger partial charge in [-0.05, 0) is 12.3 Å². The van der Waals surface area contributed by atoms with E-state index in [1.54, 1.807) is 0 Å². The number of aliphatic hydroxyl groups excluding tert-OH is 1. The summed E-state index contributed by atoms with van der Waals surface area (Å²) >= 11 is 0. The lowest BCUT2D eigenvalue weighted by Crippen LogP contribution is -2.04. The molecule has 0 aliphatic heterocycles. The maximum absolute atomic E-state index is 9.94. The van der Waals surface area contributed by atoms with E-state index in [1.807, 2.05) is 6.92 Å². The smallest absolute Gasteiger partial charge is 0.303 e. The first-order valence-electron chi connectivity index (χ1n) is 2.99. The van der Waals surface area contributed by atoms with Crippen molar-refractivity contribution in [2.45, 2.75) is 19.8 Å². The predicted octanol–water partition coefficient (Wildman–Crippen LogP) is 0.480. The van der Waals surface area contributed by atoms with Gasteiger partial charge in [0, 0.05) is 13.0 Å². The van der Waals surface area contributed by atoms with Crippen LogP contribution in [0.15, 0.2) is 0 Å². The molecule has 0 aromatic heterocycles. The van der Waals surface area contributed by atoms with Crippen LogP contribution >= 0.6 is 0 Å². The lowest BCUT2D eigenvalue weighted by atomic mass is 10.1. The number of aliphatic carboxylic acids is 1. The highest BCUT2D eigenvalue weighted by molar-refractivity contribution is 5.66. The Morgan fingerprint density at radius 2 is 2.22 bits per heavy atom. The monoisotopic (exact) mass is 132 g/mol. The van der Waals surface area contributed by atoms with Crippen molar-refractivity contribution in [3.8, 4) is 0 Å². The topological polar surface area (TPSA) is 57.5 Å². The van der Waals surface area contributed by atoms with Crippen LogP contribution in [0.5, 0.6) is 0 Å². The van der Waals surface area contributed by atoms with Crippen LogP contribution in [0.3, 0.4) is 0 Å². The molecule has 0 aromatic carbocycles. The van der Waals surface area contributed by atoms with Gasteiger partial charge in [-0.3, -0.25) is 4.79 Å². The molecule has 0 heterocycles. The minimum absolute atomic E-state index is 0.0767. The van der Waals surface area contributed by atoms with Crippen molar-refractivity contribution in [3.05, 3.63) is 0 Å². The van der Waals surface area contributed by atoms with Gasteiger partial charge in [-0.15, -0.1) is 0 Å². The molecular weight excluding hydrogens is 120 g/mol. The zero-order valence-electron chi connectivity index (χ0n) is 5.50. The van der Waals surface area contributed by atoms with Gasteiger partial charge in [-0.2, -0.15) is 0 Å². The highest BCUT2D eigenvalue weighted by Crippen LogP contribution is 2.02. The normalized spacial score (nSPS) is 13.1. The van der Waals surface area contributed by atoms with Gasteiger partial charge in [0.05, 0.1) is 0 Å². The summed E-state index contributed by atoms with van der Waals surface area (Å²) in [7, 11) is 0. The highest BCUT2D eigenvalue weighted by atomic mass is 16.4. The molecule has 0 radical (unpaired) electrons. The van der Waals surface area contributed by atoms with Gasteiger partial charge >= 0.3 is 5.97 Å². The third-order valence-electron chi connectivity index (χ3n) is 1.16. The number of carboxylic acids is 1. The second-order valence-corrected chi connectivity index (χ2v) is 2.22. The third-order valence-corrected chi connectivity index (χ3v) is 1.16. The largest absolute Gasteiger partial charge is 0.481 e. The zero-order chi connectivity index (χ0) is 7.28. The third kappa shape index (κ3) is 5.30. The molecule has 0 aromatic rings. The minimum Gasteiger partial charge on any atom is -0.481 e. The van der Waals surface area contributed by atoms with Crippen molar-refractivity contribution in [1.29, 1.82) is 0 Å². The number of aliphatic hydroxyl groups is 1. The van der Waals surface area contributed by atoms with Crippen molar-refractivity contribution in [3.63, 3.8) is 0 Å². The van der Waals surface area contributed by atoms with E-state index in [0.29, 0.717) is 6.42 Å². The summed E-state index contributed by atoms with van der Waals surface area (Å²) in [5, 5.41) is 16.6. The molecule has 3 nitrogen and oxygen atoms in total. The van der Waals surface area contributed by atoms with Gasteiger partial charge in [-0.25, -0.2) is 0 Å². The summed E-state index contributed by atoms with van der Waals surface area (Å²) in [5.41, 5.74) is 0. The van der Waals surface area contributed by atoms with Crippen LogP contribution in [0, 0.1) is 5.92 Å². The van der Waals surface area contributed by atoms with E-state index in [9.17, 15) is 4.79 Å². The Balaban J connectivity index is 3.16. The average Bonchev–Trinajstić information content (AvgIpc) is 1.83. The summed E-state index contributed by atoms with van der Waals surface area (Å²) in [4.78, 5) is 9.94. The Morgan fingerprint density at radius 3 is 2.56 bits per heavy atom. The van der Waals surface area contributed by atoms with E-state index < -0.39 is 5.97 Å². The van der Waals surface area contributed by atoms with Gasteiger partial charge in [0.2, 0.25) is 0 Å². The fourth-order valence-corrected chi connectivity index (χ4v) is 0.461. The summed E-state index contributed by atoms with van der Waals surface area (Å²) in [6.07, 6.45) is 0.716. The van der Waals surface area contributed by atoms with Crippen molar-refractivity contribution in [2.24, 2.45) is 5.92 Å². The van der Waals surface area contributed by atoms with Gasteiger partial charge in [0.25, 0.3) is 0 Å².